The number of carbonyl (C=O) groups is 3. The van der Waals surface area contributed by atoms with E-state index >= 15 is 0 Å². The van der Waals surface area contributed by atoms with Crippen molar-refractivity contribution in [2.24, 2.45) is 0 Å². The van der Waals surface area contributed by atoms with Crippen LogP contribution in [0.15, 0.2) is 36.4 Å². The first kappa shape index (κ1) is 23.6. The van der Waals surface area contributed by atoms with Gasteiger partial charge >= 0.3 is 0 Å². The van der Waals surface area contributed by atoms with Crippen LogP contribution in [0.25, 0.3) is 10.2 Å². The molecule has 2 aliphatic heterocycles. The maximum Gasteiger partial charge on any atom is 0.260 e. The van der Waals surface area contributed by atoms with E-state index in [4.69, 9.17) is 9.72 Å². The van der Waals surface area contributed by atoms with Crippen LogP contribution in [0.1, 0.15) is 34.3 Å². The Balaban J connectivity index is 1.44. The molecule has 0 radical (unpaired) electrons. The van der Waals surface area contributed by atoms with Gasteiger partial charge in [0.15, 0.2) is 5.13 Å². The summed E-state index contributed by atoms with van der Waals surface area (Å²) in [5.41, 5.74) is 4.13. The standard InChI is InChI=1S/C26H28N4O4S/c1-17-3-4-18(2)24-23(17)27-26(35-24)29(12-11-28-13-15-34-16-14-28)25(33)19-5-7-20(8-6-19)30-21(31)9-10-22(30)32/h3-8H,9-16H2,1-2H3. The smallest absolute Gasteiger partial charge is 0.260 e. The molecule has 182 valence electrons. The minimum absolute atomic E-state index is 0.154. The Morgan fingerprint density at radius 3 is 2.31 bits per heavy atom. The number of rotatable bonds is 6. The summed E-state index contributed by atoms with van der Waals surface area (Å²) in [4.78, 5) is 48.0. The van der Waals surface area contributed by atoms with Crippen molar-refractivity contribution in [2.45, 2.75) is 26.7 Å². The number of amides is 3. The second kappa shape index (κ2) is 9.85. The zero-order valence-electron chi connectivity index (χ0n) is 20.0. The zero-order chi connectivity index (χ0) is 24.5. The fraction of sp³-hybridized carbons (Fsp3) is 0.385. The van der Waals surface area contributed by atoms with Crippen LogP contribution in [-0.4, -0.2) is 67.0 Å². The van der Waals surface area contributed by atoms with Crippen molar-refractivity contribution in [1.29, 1.82) is 0 Å². The highest BCUT2D eigenvalue weighted by atomic mass is 32.1. The van der Waals surface area contributed by atoms with Crippen molar-refractivity contribution in [1.82, 2.24) is 9.88 Å². The van der Waals surface area contributed by atoms with Gasteiger partial charge in [0, 0.05) is 44.6 Å². The summed E-state index contributed by atoms with van der Waals surface area (Å²) in [6, 6.07) is 10.8. The number of anilines is 2. The molecule has 0 atom stereocenters. The lowest BCUT2D eigenvalue weighted by Gasteiger charge is -2.29. The molecule has 2 fully saturated rings. The largest absolute Gasteiger partial charge is 0.379 e. The number of imide groups is 1. The number of nitrogens with zero attached hydrogens (tertiary/aromatic N) is 4. The van der Waals surface area contributed by atoms with Crippen LogP contribution in [-0.2, 0) is 14.3 Å². The molecule has 5 rings (SSSR count). The minimum atomic E-state index is -0.207. The number of aryl methyl sites for hydroxylation is 2. The summed E-state index contributed by atoms with van der Waals surface area (Å²) < 4.78 is 6.55. The second-order valence-corrected chi connectivity index (χ2v) is 9.93. The molecule has 8 nitrogen and oxygen atoms in total. The van der Waals surface area contributed by atoms with Gasteiger partial charge in [0.05, 0.1) is 29.1 Å². The van der Waals surface area contributed by atoms with Gasteiger partial charge in [0.2, 0.25) is 11.8 Å². The van der Waals surface area contributed by atoms with Crippen molar-refractivity contribution in [2.75, 3.05) is 49.2 Å². The van der Waals surface area contributed by atoms with Gasteiger partial charge in [-0.05, 0) is 49.2 Å². The van der Waals surface area contributed by atoms with E-state index in [2.05, 4.69) is 24.0 Å². The van der Waals surface area contributed by atoms with E-state index < -0.39 is 0 Å². The summed E-state index contributed by atoms with van der Waals surface area (Å²) in [6.45, 7) is 8.39. The predicted octanol–water partition coefficient (Wildman–Crippen LogP) is 3.55. The number of benzene rings is 2. The first-order chi connectivity index (χ1) is 16.9. The molecule has 0 bridgehead atoms. The number of hydrogen-bond donors (Lipinski definition) is 0. The first-order valence-electron chi connectivity index (χ1n) is 11.9. The van der Waals surface area contributed by atoms with Gasteiger partial charge in [0.1, 0.15) is 0 Å². The molecule has 0 spiro atoms. The predicted molar refractivity (Wildman–Crippen MR) is 136 cm³/mol. The zero-order valence-corrected chi connectivity index (χ0v) is 20.8. The number of hydrogen-bond acceptors (Lipinski definition) is 7. The highest BCUT2D eigenvalue weighted by Gasteiger charge is 2.30. The van der Waals surface area contributed by atoms with Crippen molar-refractivity contribution in [3.63, 3.8) is 0 Å². The Hall–Kier alpha value is -3.14. The third kappa shape index (κ3) is 4.71. The average molecular weight is 493 g/mol. The van der Waals surface area contributed by atoms with E-state index in [0.29, 0.717) is 36.1 Å². The summed E-state index contributed by atoms with van der Waals surface area (Å²) in [5, 5.41) is 0.671. The second-order valence-electron chi connectivity index (χ2n) is 8.95. The number of thiazole rings is 1. The normalized spacial score (nSPS) is 16.9. The van der Waals surface area contributed by atoms with Crippen molar-refractivity contribution in [3.8, 4) is 0 Å². The Morgan fingerprint density at radius 2 is 1.66 bits per heavy atom. The van der Waals surface area contributed by atoms with Crippen LogP contribution in [0.2, 0.25) is 0 Å². The molecule has 35 heavy (non-hydrogen) atoms. The topological polar surface area (TPSA) is 83.0 Å². The molecule has 2 aliphatic rings. The molecule has 3 aromatic rings. The quantitative estimate of drug-likeness (QED) is 0.490. The van der Waals surface area contributed by atoms with Crippen LogP contribution >= 0.6 is 11.3 Å². The van der Waals surface area contributed by atoms with Crippen LogP contribution in [0.3, 0.4) is 0 Å². The molecule has 0 N–H and O–H groups in total. The van der Waals surface area contributed by atoms with E-state index in [1.54, 1.807) is 29.2 Å². The fourth-order valence-electron chi connectivity index (χ4n) is 4.49. The Labute approximate surface area is 208 Å². The summed E-state index contributed by atoms with van der Waals surface area (Å²) in [5.74, 6) is -0.568. The van der Waals surface area contributed by atoms with E-state index in [9.17, 15) is 14.4 Å². The average Bonchev–Trinajstić information content (AvgIpc) is 3.46. The molecule has 0 saturated carbocycles. The van der Waals surface area contributed by atoms with E-state index in [-0.39, 0.29) is 30.6 Å². The molecule has 0 aliphatic carbocycles. The van der Waals surface area contributed by atoms with Crippen molar-refractivity contribution < 1.29 is 19.1 Å². The molecular formula is C26H28N4O4S. The van der Waals surface area contributed by atoms with Gasteiger partial charge in [-0.1, -0.05) is 23.5 Å². The highest BCUT2D eigenvalue weighted by molar-refractivity contribution is 7.22. The lowest BCUT2D eigenvalue weighted by Crippen LogP contribution is -2.43. The van der Waals surface area contributed by atoms with Gasteiger partial charge in [-0.3, -0.25) is 29.1 Å². The van der Waals surface area contributed by atoms with E-state index in [1.165, 1.54) is 16.2 Å². The molecule has 2 saturated heterocycles. The van der Waals surface area contributed by atoms with Gasteiger partial charge in [-0.2, -0.15) is 0 Å². The third-order valence-electron chi connectivity index (χ3n) is 6.57. The Morgan fingerprint density at radius 1 is 1.00 bits per heavy atom. The lowest BCUT2D eigenvalue weighted by molar-refractivity contribution is -0.121. The maximum atomic E-state index is 13.7. The van der Waals surface area contributed by atoms with Crippen LogP contribution in [0.5, 0.6) is 0 Å². The van der Waals surface area contributed by atoms with Gasteiger partial charge in [-0.25, -0.2) is 4.98 Å². The number of morpholine rings is 1. The maximum absolute atomic E-state index is 13.7. The molecule has 1 aromatic heterocycles. The van der Waals surface area contributed by atoms with Crippen molar-refractivity contribution >= 4 is 50.1 Å². The summed E-state index contributed by atoms with van der Waals surface area (Å²) in [6.07, 6.45) is 0.455. The number of ether oxygens (including phenoxy) is 1. The van der Waals surface area contributed by atoms with E-state index in [1.807, 2.05) is 6.92 Å². The number of fused-ring (bicyclic) bond motifs is 1. The first-order valence-corrected chi connectivity index (χ1v) is 12.7. The molecule has 3 heterocycles. The molecule has 9 heteroatoms. The third-order valence-corrected chi connectivity index (χ3v) is 7.79. The highest BCUT2D eigenvalue weighted by Crippen LogP contribution is 2.34. The SMILES string of the molecule is Cc1ccc(C)c2sc(N(CCN3CCOCC3)C(=O)c3ccc(N4C(=O)CCC4=O)cc3)nc12. The molecule has 3 amide bonds. The van der Waals surface area contributed by atoms with Crippen molar-refractivity contribution in [3.05, 3.63) is 53.1 Å². The lowest BCUT2D eigenvalue weighted by atomic mass is 10.1. The number of carbonyl (C=O) groups excluding carboxylic acids is 3. The minimum Gasteiger partial charge on any atom is -0.379 e. The molecule has 0 unspecified atom stereocenters. The summed E-state index contributed by atoms with van der Waals surface area (Å²) >= 11 is 1.53. The van der Waals surface area contributed by atoms with E-state index in [0.717, 1.165) is 41.0 Å². The monoisotopic (exact) mass is 492 g/mol. The molecule has 2 aromatic carbocycles. The Bertz CT molecular complexity index is 1230. The summed E-state index contributed by atoms with van der Waals surface area (Å²) in [7, 11) is 0. The van der Waals surface area contributed by atoms with Crippen LogP contribution in [0.4, 0.5) is 10.8 Å². The van der Waals surface area contributed by atoms with Crippen LogP contribution < -0.4 is 9.80 Å². The number of aromatic nitrogens is 1. The fourth-order valence-corrected chi connectivity index (χ4v) is 5.62. The van der Waals surface area contributed by atoms with Gasteiger partial charge < -0.3 is 4.74 Å². The van der Waals surface area contributed by atoms with Gasteiger partial charge in [-0.15, -0.1) is 0 Å². The Kier molecular flexibility index (Phi) is 6.64. The van der Waals surface area contributed by atoms with Gasteiger partial charge in [0.25, 0.3) is 5.91 Å². The molecular weight excluding hydrogens is 464 g/mol. The van der Waals surface area contributed by atoms with Crippen LogP contribution in [0, 0.1) is 13.8 Å².